The Morgan fingerprint density at radius 3 is 2.59 bits per heavy atom. The van der Waals surface area contributed by atoms with E-state index >= 15 is 0 Å². The van der Waals surface area contributed by atoms with E-state index in [1.54, 1.807) is 18.9 Å². The lowest BCUT2D eigenvalue weighted by molar-refractivity contribution is 0.0516. The summed E-state index contributed by atoms with van der Waals surface area (Å²) in [5, 5.41) is 8.74. The number of hydrogen-bond donors (Lipinski definition) is 0. The Morgan fingerprint density at radius 2 is 1.81 bits per heavy atom. The summed E-state index contributed by atoms with van der Waals surface area (Å²) < 4.78 is 11.6. The molecule has 0 fully saturated rings. The van der Waals surface area contributed by atoms with E-state index in [1.165, 1.54) is 4.80 Å². The van der Waals surface area contributed by atoms with Gasteiger partial charge in [0.05, 0.1) is 17.9 Å². The number of fused-ring (bicyclic) bond motifs is 1. The Bertz CT molecular complexity index is 955. The van der Waals surface area contributed by atoms with Crippen LogP contribution in [-0.4, -0.2) is 52.1 Å². The lowest BCUT2D eigenvalue weighted by atomic mass is 10.2. The smallest absolute Gasteiger partial charge is 0.276 e. The number of aryl methyl sites for hydroxylation is 1. The molecule has 0 aliphatic carbocycles. The first kappa shape index (κ1) is 17.1. The highest BCUT2D eigenvalue weighted by molar-refractivity contribution is 5.93. The molecule has 138 valence electrons. The first-order valence-corrected chi connectivity index (χ1v) is 8.75. The molecule has 2 heterocycles. The Balaban J connectivity index is 1.46. The van der Waals surface area contributed by atoms with Gasteiger partial charge in [0.25, 0.3) is 5.91 Å². The van der Waals surface area contributed by atoms with Gasteiger partial charge in [0, 0.05) is 7.05 Å². The Labute approximate surface area is 157 Å². The molecule has 0 saturated carbocycles. The maximum Gasteiger partial charge on any atom is 0.276 e. The molecule has 4 rings (SSSR count). The number of nitrogens with zero attached hydrogens (tertiary/aromatic N) is 4. The van der Waals surface area contributed by atoms with Gasteiger partial charge in [-0.05, 0) is 31.2 Å². The van der Waals surface area contributed by atoms with Crippen LogP contribution in [0.25, 0.3) is 5.69 Å². The standard InChI is InChI=1S/C20H20N4O3/c1-14-19(22-24(21-14)15-8-4-3-5-9-15)20(25)23(2)12-16-13-26-17-10-6-7-11-18(17)27-16/h3-11,16H,12-13H2,1-2H3. The fourth-order valence-corrected chi connectivity index (χ4v) is 2.98. The third-order valence-corrected chi connectivity index (χ3v) is 4.36. The second-order valence-corrected chi connectivity index (χ2v) is 6.44. The molecular weight excluding hydrogens is 344 g/mol. The van der Waals surface area contributed by atoms with E-state index in [9.17, 15) is 4.79 Å². The average Bonchev–Trinajstić information content (AvgIpc) is 3.09. The maximum absolute atomic E-state index is 12.8. The highest BCUT2D eigenvalue weighted by atomic mass is 16.6. The highest BCUT2D eigenvalue weighted by Crippen LogP contribution is 2.31. The predicted octanol–water partition coefficient (Wildman–Crippen LogP) is 2.49. The van der Waals surface area contributed by atoms with Gasteiger partial charge in [-0.15, -0.1) is 5.10 Å². The van der Waals surface area contributed by atoms with E-state index in [4.69, 9.17) is 9.47 Å². The van der Waals surface area contributed by atoms with Crippen molar-refractivity contribution in [2.45, 2.75) is 13.0 Å². The van der Waals surface area contributed by atoms with Crippen molar-refractivity contribution >= 4 is 5.91 Å². The van der Waals surface area contributed by atoms with Crippen molar-refractivity contribution in [1.29, 1.82) is 0 Å². The first-order chi connectivity index (χ1) is 13.1. The molecule has 0 spiro atoms. The number of rotatable bonds is 4. The lowest BCUT2D eigenvalue weighted by Crippen LogP contribution is -2.42. The number of carbonyl (C=O) groups excluding carboxylic acids is 1. The highest BCUT2D eigenvalue weighted by Gasteiger charge is 2.26. The van der Waals surface area contributed by atoms with Crippen molar-refractivity contribution in [1.82, 2.24) is 19.9 Å². The summed E-state index contributed by atoms with van der Waals surface area (Å²) in [7, 11) is 1.73. The van der Waals surface area contributed by atoms with E-state index in [0.717, 1.165) is 11.4 Å². The fourth-order valence-electron chi connectivity index (χ4n) is 2.98. The van der Waals surface area contributed by atoms with Gasteiger partial charge in [-0.3, -0.25) is 4.79 Å². The molecule has 3 aromatic rings. The van der Waals surface area contributed by atoms with Crippen LogP contribution in [0.3, 0.4) is 0 Å². The van der Waals surface area contributed by atoms with Crippen molar-refractivity contribution in [3.63, 3.8) is 0 Å². The van der Waals surface area contributed by atoms with Crippen LogP contribution in [-0.2, 0) is 0 Å². The minimum Gasteiger partial charge on any atom is -0.486 e. The van der Waals surface area contributed by atoms with Crippen LogP contribution in [0, 0.1) is 6.92 Å². The molecule has 27 heavy (non-hydrogen) atoms. The summed E-state index contributed by atoms with van der Waals surface area (Å²) in [5.41, 5.74) is 1.73. The molecule has 0 bridgehead atoms. The number of benzene rings is 2. The van der Waals surface area contributed by atoms with Crippen molar-refractivity contribution in [2.24, 2.45) is 0 Å². The molecular formula is C20H20N4O3. The number of hydrogen-bond acceptors (Lipinski definition) is 5. The molecule has 1 atom stereocenters. The van der Waals surface area contributed by atoms with Crippen molar-refractivity contribution < 1.29 is 14.3 Å². The second-order valence-electron chi connectivity index (χ2n) is 6.44. The van der Waals surface area contributed by atoms with Crippen LogP contribution in [0.2, 0.25) is 0 Å². The Kier molecular flexibility index (Phi) is 4.50. The number of para-hydroxylation sites is 3. The van der Waals surface area contributed by atoms with Gasteiger partial charge in [-0.1, -0.05) is 30.3 Å². The van der Waals surface area contributed by atoms with E-state index in [2.05, 4.69) is 10.2 Å². The van der Waals surface area contributed by atoms with Gasteiger partial charge in [-0.2, -0.15) is 9.90 Å². The predicted molar refractivity (Wildman–Crippen MR) is 99.4 cm³/mol. The molecule has 1 unspecified atom stereocenters. The number of aromatic nitrogens is 3. The SMILES string of the molecule is Cc1nn(-c2ccccc2)nc1C(=O)N(C)CC1COc2ccccc2O1. The number of amides is 1. The van der Waals surface area contributed by atoms with Gasteiger partial charge in [0.2, 0.25) is 0 Å². The third kappa shape index (κ3) is 3.48. The number of ether oxygens (including phenoxy) is 2. The molecule has 1 aliphatic heterocycles. The van der Waals surface area contributed by atoms with E-state index < -0.39 is 0 Å². The van der Waals surface area contributed by atoms with Gasteiger partial charge >= 0.3 is 0 Å². The van der Waals surface area contributed by atoms with Gasteiger partial charge < -0.3 is 14.4 Å². The minimum atomic E-state index is -0.238. The van der Waals surface area contributed by atoms with Crippen LogP contribution < -0.4 is 9.47 Å². The molecule has 7 heteroatoms. The zero-order valence-electron chi connectivity index (χ0n) is 15.2. The van der Waals surface area contributed by atoms with E-state index in [0.29, 0.717) is 30.3 Å². The summed E-state index contributed by atoms with van der Waals surface area (Å²) in [6.07, 6.45) is -0.238. The zero-order chi connectivity index (χ0) is 18.8. The third-order valence-electron chi connectivity index (χ3n) is 4.36. The summed E-state index contributed by atoms with van der Waals surface area (Å²) in [6, 6.07) is 17.0. The molecule has 7 nitrogen and oxygen atoms in total. The molecule has 0 radical (unpaired) electrons. The van der Waals surface area contributed by atoms with Crippen LogP contribution in [0.5, 0.6) is 11.5 Å². The van der Waals surface area contributed by atoms with Crippen LogP contribution in [0.4, 0.5) is 0 Å². The number of carbonyl (C=O) groups is 1. The van der Waals surface area contributed by atoms with Crippen LogP contribution >= 0.6 is 0 Å². The monoisotopic (exact) mass is 364 g/mol. The van der Waals surface area contributed by atoms with E-state index in [1.807, 2.05) is 54.6 Å². The first-order valence-electron chi connectivity index (χ1n) is 8.75. The second kappa shape index (κ2) is 7.11. The molecule has 2 aromatic carbocycles. The number of likely N-dealkylation sites (N-methyl/N-ethyl adjacent to an activating group) is 1. The topological polar surface area (TPSA) is 69.5 Å². The quantitative estimate of drug-likeness (QED) is 0.711. The maximum atomic E-state index is 12.8. The largest absolute Gasteiger partial charge is 0.486 e. The molecule has 0 N–H and O–H groups in total. The normalized spacial score (nSPS) is 15.4. The summed E-state index contributed by atoms with van der Waals surface area (Å²) in [5.74, 6) is 1.22. The summed E-state index contributed by atoms with van der Waals surface area (Å²) in [6.45, 7) is 2.57. The molecule has 1 amide bonds. The summed E-state index contributed by atoms with van der Waals surface area (Å²) in [4.78, 5) is 15.9. The minimum absolute atomic E-state index is 0.197. The lowest BCUT2D eigenvalue weighted by Gasteiger charge is -2.29. The van der Waals surface area contributed by atoms with Gasteiger partial charge in [0.15, 0.2) is 23.3 Å². The van der Waals surface area contributed by atoms with Gasteiger partial charge in [0.1, 0.15) is 6.61 Å². The van der Waals surface area contributed by atoms with Gasteiger partial charge in [-0.25, -0.2) is 0 Å². The van der Waals surface area contributed by atoms with Crippen molar-refractivity contribution in [3.05, 3.63) is 66.0 Å². The molecule has 1 aliphatic rings. The zero-order valence-corrected chi connectivity index (χ0v) is 15.2. The van der Waals surface area contributed by atoms with Crippen LogP contribution in [0.15, 0.2) is 54.6 Å². The van der Waals surface area contributed by atoms with E-state index in [-0.39, 0.29) is 12.0 Å². The summed E-state index contributed by atoms with van der Waals surface area (Å²) >= 11 is 0. The van der Waals surface area contributed by atoms with Crippen LogP contribution in [0.1, 0.15) is 16.2 Å². The Hall–Kier alpha value is -3.35. The van der Waals surface area contributed by atoms with Crippen molar-refractivity contribution in [2.75, 3.05) is 20.2 Å². The van der Waals surface area contributed by atoms with Crippen molar-refractivity contribution in [3.8, 4) is 17.2 Å². The molecule has 1 aromatic heterocycles. The Morgan fingerprint density at radius 1 is 1.11 bits per heavy atom. The molecule has 0 saturated heterocycles. The average molecular weight is 364 g/mol. The fraction of sp³-hybridized carbons (Fsp3) is 0.250.